The zero-order valence-corrected chi connectivity index (χ0v) is 6.52. The maximum atomic E-state index is 8.62. The van der Waals surface area contributed by atoms with Crippen LogP contribution in [0.5, 0.6) is 0 Å². The van der Waals surface area contributed by atoms with Crippen LogP contribution in [0, 0.1) is 0 Å². The molecule has 0 radical (unpaired) electrons. The third kappa shape index (κ3) is 4.43. The third-order valence-electron chi connectivity index (χ3n) is 1.46. The first-order chi connectivity index (χ1) is 4.20. The first kappa shape index (κ1) is 8.92. The fraction of sp³-hybridized carbons (Fsp3) is 1.00. The summed E-state index contributed by atoms with van der Waals surface area (Å²) in [6.07, 6.45) is 1.12. The Morgan fingerprint density at radius 1 is 1.33 bits per heavy atom. The quantitative estimate of drug-likeness (QED) is 0.590. The number of hydrogen-bond acceptors (Lipinski definition) is 2. The van der Waals surface area contributed by atoms with E-state index in [0.29, 0.717) is 6.04 Å². The molecule has 0 amide bonds. The first-order valence-corrected chi connectivity index (χ1v) is 3.57. The van der Waals surface area contributed by atoms with Crippen molar-refractivity contribution in [2.75, 3.05) is 6.61 Å². The van der Waals surface area contributed by atoms with Gasteiger partial charge < -0.3 is 10.4 Å². The van der Waals surface area contributed by atoms with Gasteiger partial charge in [-0.05, 0) is 20.3 Å². The molecule has 0 aromatic rings. The van der Waals surface area contributed by atoms with Gasteiger partial charge in [0.1, 0.15) is 0 Å². The van der Waals surface area contributed by atoms with Gasteiger partial charge in [0.05, 0.1) is 6.61 Å². The van der Waals surface area contributed by atoms with Crippen LogP contribution in [0.15, 0.2) is 0 Å². The van der Waals surface area contributed by atoms with E-state index in [0.717, 1.165) is 6.42 Å². The van der Waals surface area contributed by atoms with Crippen LogP contribution in [0.4, 0.5) is 0 Å². The van der Waals surface area contributed by atoms with E-state index in [-0.39, 0.29) is 12.6 Å². The molecule has 0 bridgehead atoms. The summed E-state index contributed by atoms with van der Waals surface area (Å²) >= 11 is 0. The van der Waals surface area contributed by atoms with Crippen molar-refractivity contribution < 1.29 is 5.11 Å². The van der Waals surface area contributed by atoms with E-state index in [1.54, 1.807) is 0 Å². The molecule has 9 heavy (non-hydrogen) atoms. The van der Waals surface area contributed by atoms with Crippen molar-refractivity contribution in [2.24, 2.45) is 0 Å². The van der Waals surface area contributed by atoms with E-state index in [2.05, 4.69) is 19.2 Å². The number of nitrogens with one attached hydrogen (secondary N) is 1. The van der Waals surface area contributed by atoms with E-state index in [1.807, 2.05) is 6.92 Å². The first-order valence-electron chi connectivity index (χ1n) is 3.57. The summed E-state index contributed by atoms with van der Waals surface area (Å²) in [6.45, 7) is 6.45. The molecule has 0 rings (SSSR count). The van der Waals surface area contributed by atoms with Crippen LogP contribution in [-0.2, 0) is 0 Å². The van der Waals surface area contributed by atoms with Crippen molar-refractivity contribution in [3.05, 3.63) is 0 Å². The highest BCUT2D eigenvalue weighted by Crippen LogP contribution is 1.89. The van der Waals surface area contributed by atoms with Crippen molar-refractivity contribution >= 4 is 0 Å². The van der Waals surface area contributed by atoms with Crippen LogP contribution in [0.25, 0.3) is 0 Å². The molecule has 0 heterocycles. The summed E-state index contributed by atoms with van der Waals surface area (Å²) in [7, 11) is 0. The average Bonchev–Trinajstić information content (AvgIpc) is 1.87. The zero-order chi connectivity index (χ0) is 7.28. The lowest BCUT2D eigenvalue weighted by Gasteiger charge is -2.15. The Bertz CT molecular complexity index is 57.9. The molecule has 2 N–H and O–H groups in total. The van der Waals surface area contributed by atoms with Gasteiger partial charge >= 0.3 is 0 Å². The van der Waals surface area contributed by atoms with E-state index >= 15 is 0 Å². The molecule has 56 valence electrons. The molecule has 2 nitrogen and oxygen atoms in total. The van der Waals surface area contributed by atoms with Crippen molar-refractivity contribution in [3.63, 3.8) is 0 Å². The summed E-state index contributed by atoms with van der Waals surface area (Å²) < 4.78 is 0. The number of aliphatic hydroxyl groups is 1. The number of aliphatic hydroxyl groups excluding tert-OH is 1. The molecule has 0 aliphatic carbocycles. The van der Waals surface area contributed by atoms with Crippen molar-refractivity contribution in [1.82, 2.24) is 5.32 Å². The standard InChI is InChI=1S/C7H17NO/c1-4-6(2)8-7(3)5-9/h6-9H,4-5H2,1-3H3. The normalized spacial score (nSPS) is 17.3. The lowest BCUT2D eigenvalue weighted by atomic mass is 10.2. The highest BCUT2D eigenvalue weighted by atomic mass is 16.3. The molecule has 0 aliphatic rings. The highest BCUT2D eigenvalue weighted by Gasteiger charge is 2.01. The maximum absolute atomic E-state index is 8.62. The summed E-state index contributed by atoms with van der Waals surface area (Å²) in [5, 5.41) is 11.8. The van der Waals surface area contributed by atoms with E-state index < -0.39 is 0 Å². The molecule has 0 spiro atoms. The molecule has 0 aromatic carbocycles. The molecule has 0 fully saturated rings. The van der Waals surface area contributed by atoms with Gasteiger partial charge in [-0.25, -0.2) is 0 Å². The summed E-state index contributed by atoms with van der Waals surface area (Å²) in [5.74, 6) is 0. The van der Waals surface area contributed by atoms with Gasteiger partial charge in [-0.3, -0.25) is 0 Å². The minimum Gasteiger partial charge on any atom is -0.395 e. The lowest BCUT2D eigenvalue weighted by molar-refractivity contribution is 0.242. The van der Waals surface area contributed by atoms with Crippen LogP contribution >= 0.6 is 0 Å². The second-order valence-electron chi connectivity index (χ2n) is 2.56. The van der Waals surface area contributed by atoms with Crippen LogP contribution in [-0.4, -0.2) is 23.8 Å². The summed E-state index contributed by atoms with van der Waals surface area (Å²) in [4.78, 5) is 0. The van der Waals surface area contributed by atoms with E-state index in [4.69, 9.17) is 5.11 Å². The minimum atomic E-state index is 0.227. The summed E-state index contributed by atoms with van der Waals surface area (Å²) in [5.41, 5.74) is 0. The van der Waals surface area contributed by atoms with Gasteiger partial charge in [0.25, 0.3) is 0 Å². The molecular weight excluding hydrogens is 114 g/mol. The fourth-order valence-corrected chi connectivity index (χ4v) is 0.656. The SMILES string of the molecule is CCC(C)NC(C)CO. The minimum absolute atomic E-state index is 0.227. The third-order valence-corrected chi connectivity index (χ3v) is 1.46. The Labute approximate surface area is 57.3 Å². The average molecular weight is 131 g/mol. The second kappa shape index (κ2) is 4.77. The van der Waals surface area contributed by atoms with E-state index in [9.17, 15) is 0 Å². The van der Waals surface area contributed by atoms with Crippen molar-refractivity contribution in [1.29, 1.82) is 0 Å². The van der Waals surface area contributed by atoms with Crippen molar-refractivity contribution in [3.8, 4) is 0 Å². The largest absolute Gasteiger partial charge is 0.395 e. The van der Waals surface area contributed by atoms with Crippen molar-refractivity contribution in [2.45, 2.75) is 39.3 Å². The van der Waals surface area contributed by atoms with E-state index in [1.165, 1.54) is 0 Å². The highest BCUT2D eigenvalue weighted by molar-refractivity contribution is 4.63. The maximum Gasteiger partial charge on any atom is 0.0582 e. The molecule has 0 saturated heterocycles. The van der Waals surface area contributed by atoms with Crippen LogP contribution in [0.1, 0.15) is 27.2 Å². The van der Waals surface area contributed by atoms with Crippen LogP contribution in [0.3, 0.4) is 0 Å². The Morgan fingerprint density at radius 3 is 2.22 bits per heavy atom. The topological polar surface area (TPSA) is 32.3 Å². The predicted molar refractivity (Wildman–Crippen MR) is 39.4 cm³/mol. The molecule has 2 unspecified atom stereocenters. The smallest absolute Gasteiger partial charge is 0.0582 e. The van der Waals surface area contributed by atoms with Crippen LogP contribution in [0.2, 0.25) is 0 Å². The van der Waals surface area contributed by atoms with Crippen LogP contribution < -0.4 is 5.32 Å². The monoisotopic (exact) mass is 131 g/mol. The Morgan fingerprint density at radius 2 is 1.89 bits per heavy atom. The van der Waals surface area contributed by atoms with Gasteiger partial charge in [0, 0.05) is 12.1 Å². The number of rotatable bonds is 4. The van der Waals surface area contributed by atoms with Gasteiger partial charge in [-0.2, -0.15) is 0 Å². The zero-order valence-electron chi connectivity index (χ0n) is 6.52. The predicted octanol–water partition coefficient (Wildman–Crippen LogP) is 0.755. The molecule has 0 aromatic heterocycles. The number of hydrogen-bond donors (Lipinski definition) is 2. The molecule has 0 aliphatic heterocycles. The Hall–Kier alpha value is -0.0800. The summed E-state index contributed by atoms with van der Waals surface area (Å²) in [6, 6.07) is 0.757. The Balaban J connectivity index is 3.22. The van der Waals surface area contributed by atoms with Gasteiger partial charge in [0.2, 0.25) is 0 Å². The Kier molecular flexibility index (Phi) is 4.72. The molecule has 0 saturated carbocycles. The van der Waals surface area contributed by atoms with Gasteiger partial charge in [0.15, 0.2) is 0 Å². The fourth-order valence-electron chi connectivity index (χ4n) is 0.656. The molecule has 2 heteroatoms. The lowest BCUT2D eigenvalue weighted by Crippen LogP contribution is -2.36. The van der Waals surface area contributed by atoms with Gasteiger partial charge in [-0.1, -0.05) is 6.92 Å². The molecular formula is C7H17NO. The molecule has 2 atom stereocenters. The van der Waals surface area contributed by atoms with Gasteiger partial charge in [-0.15, -0.1) is 0 Å². The second-order valence-corrected chi connectivity index (χ2v) is 2.56.